The molecule has 0 saturated carbocycles. The van der Waals surface area contributed by atoms with E-state index in [1.807, 2.05) is 13.8 Å². The van der Waals surface area contributed by atoms with Gasteiger partial charge in [0, 0.05) is 20.1 Å². The van der Waals surface area contributed by atoms with Gasteiger partial charge in [0.15, 0.2) is 0 Å². The first-order valence-corrected chi connectivity index (χ1v) is 5.06. The minimum Gasteiger partial charge on any atom is -0.481 e. The number of hydrogen-bond donors (Lipinski definition) is 2. The lowest BCUT2D eigenvalue weighted by molar-refractivity contribution is -0.140. The van der Waals surface area contributed by atoms with Crippen LogP contribution in [0.5, 0.6) is 0 Å². The lowest BCUT2D eigenvalue weighted by atomic mass is 10.2. The molecule has 88 valence electrons. The third-order valence-corrected chi connectivity index (χ3v) is 1.97. The van der Waals surface area contributed by atoms with Crippen molar-refractivity contribution in [3.8, 4) is 0 Å². The normalized spacial score (nSPS) is 12.3. The van der Waals surface area contributed by atoms with Gasteiger partial charge in [0.05, 0.1) is 5.92 Å². The highest BCUT2D eigenvalue weighted by Gasteiger charge is 2.14. The largest absolute Gasteiger partial charge is 0.481 e. The van der Waals surface area contributed by atoms with Gasteiger partial charge in [-0.25, -0.2) is 4.79 Å². The Hall–Kier alpha value is -1.26. The van der Waals surface area contributed by atoms with Crippen LogP contribution >= 0.6 is 0 Å². The Labute approximate surface area is 90.5 Å². The molecule has 0 aromatic carbocycles. The third kappa shape index (κ3) is 5.93. The van der Waals surface area contributed by atoms with Crippen molar-refractivity contribution in [1.82, 2.24) is 10.2 Å². The van der Waals surface area contributed by atoms with Crippen LogP contribution < -0.4 is 5.32 Å². The van der Waals surface area contributed by atoms with Crippen LogP contribution in [0, 0.1) is 11.8 Å². The van der Waals surface area contributed by atoms with Gasteiger partial charge in [0.2, 0.25) is 0 Å². The van der Waals surface area contributed by atoms with Gasteiger partial charge in [-0.3, -0.25) is 4.79 Å². The minimum absolute atomic E-state index is 0.163. The highest BCUT2D eigenvalue weighted by molar-refractivity contribution is 5.75. The number of aliphatic carboxylic acids is 1. The lowest BCUT2D eigenvalue weighted by Crippen LogP contribution is -2.41. The fraction of sp³-hybridized carbons (Fsp3) is 0.800. The Morgan fingerprint density at radius 1 is 1.33 bits per heavy atom. The smallest absolute Gasteiger partial charge is 0.317 e. The first kappa shape index (κ1) is 13.7. The molecule has 5 nitrogen and oxygen atoms in total. The summed E-state index contributed by atoms with van der Waals surface area (Å²) in [6, 6.07) is -0.225. The van der Waals surface area contributed by atoms with Crippen LogP contribution in [0.3, 0.4) is 0 Å². The zero-order chi connectivity index (χ0) is 12.0. The molecule has 15 heavy (non-hydrogen) atoms. The number of rotatable bonds is 5. The Kier molecular flexibility index (Phi) is 5.74. The Bertz CT molecular complexity index is 229. The number of nitrogens with one attached hydrogen (secondary N) is 1. The van der Waals surface area contributed by atoms with Crippen LogP contribution in [-0.2, 0) is 4.79 Å². The number of carboxylic acids is 1. The molecule has 5 heteroatoms. The molecular weight excluding hydrogens is 196 g/mol. The first-order valence-electron chi connectivity index (χ1n) is 5.06. The minimum atomic E-state index is -0.901. The van der Waals surface area contributed by atoms with Crippen molar-refractivity contribution in [3.63, 3.8) is 0 Å². The summed E-state index contributed by atoms with van der Waals surface area (Å²) < 4.78 is 0. The highest BCUT2D eigenvalue weighted by Crippen LogP contribution is 1.97. The summed E-state index contributed by atoms with van der Waals surface area (Å²) in [5.74, 6) is -1.05. The Morgan fingerprint density at radius 3 is 2.27 bits per heavy atom. The second kappa shape index (κ2) is 6.27. The van der Waals surface area contributed by atoms with Gasteiger partial charge in [0.25, 0.3) is 0 Å². The predicted octanol–water partition coefficient (Wildman–Crippen LogP) is 1.00. The molecule has 0 heterocycles. The number of urea groups is 1. The maximum absolute atomic E-state index is 11.4. The molecule has 0 aromatic rings. The maximum Gasteiger partial charge on any atom is 0.317 e. The van der Waals surface area contributed by atoms with Crippen LogP contribution in [0.15, 0.2) is 0 Å². The second-order valence-corrected chi connectivity index (χ2v) is 4.20. The van der Waals surface area contributed by atoms with Crippen LogP contribution in [0.2, 0.25) is 0 Å². The van der Waals surface area contributed by atoms with Gasteiger partial charge < -0.3 is 15.3 Å². The molecule has 0 saturated heterocycles. The van der Waals surface area contributed by atoms with Gasteiger partial charge in [-0.2, -0.15) is 0 Å². The predicted molar refractivity (Wildman–Crippen MR) is 57.7 cm³/mol. The van der Waals surface area contributed by atoms with Gasteiger partial charge in [-0.05, 0) is 5.92 Å². The maximum atomic E-state index is 11.4. The number of hydrogen-bond acceptors (Lipinski definition) is 2. The summed E-state index contributed by atoms with van der Waals surface area (Å²) in [6.45, 7) is 6.42. The number of carbonyl (C=O) groups excluding carboxylic acids is 1. The fourth-order valence-electron chi connectivity index (χ4n) is 1.09. The van der Waals surface area contributed by atoms with Crippen LogP contribution in [0.1, 0.15) is 20.8 Å². The molecule has 2 N–H and O–H groups in total. The van der Waals surface area contributed by atoms with E-state index >= 15 is 0 Å². The summed E-state index contributed by atoms with van der Waals surface area (Å²) in [7, 11) is 1.70. The van der Waals surface area contributed by atoms with Crippen molar-refractivity contribution >= 4 is 12.0 Å². The number of amides is 2. The van der Waals surface area contributed by atoms with E-state index in [-0.39, 0.29) is 12.6 Å². The van der Waals surface area contributed by atoms with Crippen molar-refractivity contribution in [3.05, 3.63) is 0 Å². The Balaban J connectivity index is 3.88. The quantitative estimate of drug-likeness (QED) is 0.720. The van der Waals surface area contributed by atoms with E-state index in [9.17, 15) is 9.59 Å². The van der Waals surface area contributed by atoms with E-state index in [0.29, 0.717) is 12.5 Å². The molecule has 1 atom stereocenters. The molecular formula is C10H20N2O3. The molecule has 0 radical (unpaired) electrons. The van der Waals surface area contributed by atoms with Gasteiger partial charge in [-0.1, -0.05) is 20.8 Å². The molecule has 0 aliphatic carbocycles. The number of carboxylic acid groups (broad SMARTS) is 1. The van der Waals surface area contributed by atoms with Crippen molar-refractivity contribution in [2.24, 2.45) is 11.8 Å². The summed E-state index contributed by atoms with van der Waals surface area (Å²) in [6.07, 6.45) is 0. The molecule has 2 amide bonds. The van der Waals surface area contributed by atoms with Crippen molar-refractivity contribution in [2.45, 2.75) is 20.8 Å². The van der Waals surface area contributed by atoms with E-state index < -0.39 is 11.9 Å². The van der Waals surface area contributed by atoms with Crippen LogP contribution in [-0.4, -0.2) is 42.1 Å². The number of nitrogens with zero attached hydrogens (tertiary/aromatic N) is 1. The molecule has 0 spiro atoms. The van der Waals surface area contributed by atoms with E-state index in [2.05, 4.69) is 5.32 Å². The average Bonchev–Trinajstić information content (AvgIpc) is 2.12. The SMILES string of the molecule is CC(C)CN(C)C(=O)NCC(C)C(=O)O. The van der Waals surface area contributed by atoms with E-state index in [1.54, 1.807) is 18.9 Å². The topological polar surface area (TPSA) is 69.6 Å². The standard InChI is InChI=1S/C10H20N2O3/c1-7(2)6-12(4)10(15)11-5-8(3)9(13)14/h7-8H,5-6H2,1-4H3,(H,11,15)(H,13,14). The summed E-state index contributed by atoms with van der Waals surface area (Å²) in [5.41, 5.74) is 0. The molecule has 0 rings (SSSR count). The molecule has 0 fully saturated rings. The van der Waals surface area contributed by atoms with Crippen LogP contribution in [0.25, 0.3) is 0 Å². The van der Waals surface area contributed by atoms with Crippen LogP contribution in [0.4, 0.5) is 4.79 Å². The average molecular weight is 216 g/mol. The van der Waals surface area contributed by atoms with E-state index in [4.69, 9.17) is 5.11 Å². The number of carbonyl (C=O) groups is 2. The second-order valence-electron chi connectivity index (χ2n) is 4.20. The van der Waals surface area contributed by atoms with E-state index in [0.717, 1.165) is 0 Å². The first-order chi connectivity index (χ1) is 6.84. The summed E-state index contributed by atoms with van der Waals surface area (Å²) in [4.78, 5) is 23.5. The summed E-state index contributed by atoms with van der Waals surface area (Å²) in [5, 5.41) is 11.2. The van der Waals surface area contributed by atoms with Crippen molar-refractivity contribution < 1.29 is 14.7 Å². The van der Waals surface area contributed by atoms with Gasteiger partial charge in [0.1, 0.15) is 0 Å². The summed E-state index contributed by atoms with van der Waals surface area (Å²) >= 11 is 0. The Morgan fingerprint density at radius 2 is 1.87 bits per heavy atom. The molecule has 0 bridgehead atoms. The molecule has 0 aromatic heterocycles. The van der Waals surface area contributed by atoms with Gasteiger partial charge >= 0.3 is 12.0 Å². The highest BCUT2D eigenvalue weighted by atomic mass is 16.4. The fourth-order valence-corrected chi connectivity index (χ4v) is 1.09. The molecule has 0 aliphatic heterocycles. The molecule has 0 aliphatic rings. The third-order valence-electron chi connectivity index (χ3n) is 1.97. The lowest BCUT2D eigenvalue weighted by Gasteiger charge is -2.20. The van der Waals surface area contributed by atoms with E-state index in [1.165, 1.54) is 0 Å². The zero-order valence-corrected chi connectivity index (χ0v) is 9.78. The van der Waals surface area contributed by atoms with Crippen molar-refractivity contribution in [1.29, 1.82) is 0 Å². The van der Waals surface area contributed by atoms with Gasteiger partial charge in [-0.15, -0.1) is 0 Å². The monoisotopic (exact) mass is 216 g/mol. The zero-order valence-electron chi connectivity index (χ0n) is 9.78. The molecule has 1 unspecified atom stereocenters. The van der Waals surface area contributed by atoms with Crippen molar-refractivity contribution in [2.75, 3.05) is 20.1 Å².